The number of carbonyl (C=O) groups excluding carboxylic acids is 1. The maximum atomic E-state index is 13.3. The molecule has 0 radical (unpaired) electrons. The van der Waals surface area contributed by atoms with Crippen LogP contribution in [0.2, 0.25) is 0 Å². The fourth-order valence-electron chi connectivity index (χ4n) is 2.08. The van der Waals surface area contributed by atoms with Gasteiger partial charge in [-0.2, -0.15) is 18.3 Å². The average molecular weight is 336 g/mol. The van der Waals surface area contributed by atoms with Gasteiger partial charge in [0.2, 0.25) is 0 Å². The quantitative estimate of drug-likeness (QED) is 0.764. The molecule has 0 fully saturated rings. The highest BCUT2D eigenvalue weighted by Gasteiger charge is 2.38. The molecular formula is C14H11F3N6O. The zero-order valence-corrected chi connectivity index (χ0v) is 12.3. The molecule has 0 aliphatic heterocycles. The van der Waals surface area contributed by atoms with E-state index < -0.39 is 17.8 Å². The van der Waals surface area contributed by atoms with Crippen molar-refractivity contribution < 1.29 is 18.0 Å². The van der Waals surface area contributed by atoms with E-state index in [0.29, 0.717) is 0 Å². The van der Waals surface area contributed by atoms with Crippen LogP contribution in [0.1, 0.15) is 21.9 Å². The molecule has 3 aromatic heterocycles. The highest BCUT2D eigenvalue weighted by atomic mass is 19.4. The van der Waals surface area contributed by atoms with E-state index in [-0.39, 0.29) is 22.9 Å². The van der Waals surface area contributed by atoms with Gasteiger partial charge in [0.1, 0.15) is 0 Å². The lowest BCUT2D eigenvalue weighted by Gasteiger charge is -2.04. The molecule has 0 saturated carbocycles. The lowest BCUT2D eigenvalue weighted by molar-refractivity contribution is -0.140. The van der Waals surface area contributed by atoms with Crippen molar-refractivity contribution in [2.45, 2.75) is 13.1 Å². The zero-order chi connectivity index (χ0) is 17.5. The number of rotatable bonds is 3. The summed E-state index contributed by atoms with van der Waals surface area (Å²) in [5.41, 5.74) is 4.52. The molecule has 10 heteroatoms. The summed E-state index contributed by atoms with van der Waals surface area (Å²) in [6.07, 6.45) is -0.910. The summed E-state index contributed by atoms with van der Waals surface area (Å²) in [5.74, 6) is -0.881. The van der Waals surface area contributed by atoms with Gasteiger partial charge in [0.15, 0.2) is 17.3 Å². The first kappa shape index (κ1) is 15.7. The van der Waals surface area contributed by atoms with Crippen LogP contribution < -0.4 is 5.73 Å². The van der Waals surface area contributed by atoms with E-state index in [9.17, 15) is 18.0 Å². The molecule has 0 atom stereocenters. The number of alkyl halides is 3. The minimum absolute atomic E-state index is 0.0190. The van der Waals surface area contributed by atoms with Gasteiger partial charge in [-0.15, -0.1) is 0 Å². The van der Waals surface area contributed by atoms with Gasteiger partial charge in [0.05, 0.1) is 17.5 Å². The molecule has 0 aliphatic rings. The predicted molar refractivity (Wildman–Crippen MR) is 77.2 cm³/mol. The lowest BCUT2D eigenvalue weighted by atomic mass is 10.2. The van der Waals surface area contributed by atoms with Crippen molar-refractivity contribution in [3.05, 3.63) is 47.8 Å². The second-order valence-electron chi connectivity index (χ2n) is 5.04. The van der Waals surface area contributed by atoms with Crippen molar-refractivity contribution in [1.82, 2.24) is 24.7 Å². The normalized spacial score (nSPS) is 11.7. The molecule has 0 aliphatic carbocycles. The van der Waals surface area contributed by atoms with E-state index in [4.69, 9.17) is 5.73 Å². The summed E-state index contributed by atoms with van der Waals surface area (Å²) in [6, 6.07) is 3.26. The molecule has 0 saturated heterocycles. The molecule has 1 amide bonds. The van der Waals surface area contributed by atoms with Crippen molar-refractivity contribution in [3.63, 3.8) is 0 Å². The summed E-state index contributed by atoms with van der Waals surface area (Å²) in [4.78, 5) is 21.2. The second-order valence-corrected chi connectivity index (χ2v) is 5.04. The van der Waals surface area contributed by atoms with Crippen molar-refractivity contribution in [2.75, 3.05) is 0 Å². The van der Waals surface area contributed by atoms with Crippen LogP contribution in [0.5, 0.6) is 0 Å². The molecule has 7 nitrogen and oxygen atoms in total. The Morgan fingerprint density at radius 3 is 2.54 bits per heavy atom. The molecule has 124 valence electrons. The van der Waals surface area contributed by atoms with E-state index in [1.54, 1.807) is 12.1 Å². The van der Waals surface area contributed by atoms with Crippen LogP contribution >= 0.6 is 0 Å². The number of nitrogens with two attached hydrogens (primary N) is 1. The summed E-state index contributed by atoms with van der Waals surface area (Å²) in [5, 5.41) is 3.58. The minimum Gasteiger partial charge on any atom is -0.363 e. The van der Waals surface area contributed by atoms with Crippen molar-refractivity contribution in [1.29, 1.82) is 0 Å². The van der Waals surface area contributed by atoms with Crippen molar-refractivity contribution in [2.24, 2.45) is 5.73 Å². The van der Waals surface area contributed by atoms with Crippen LogP contribution in [-0.4, -0.2) is 30.6 Å². The molecule has 0 aromatic carbocycles. The number of amides is 1. The van der Waals surface area contributed by atoms with E-state index >= 15 is 0 Å². The largest absolute Gasteiger partial charge is 0.435 e. The fourth-order valence-corrected chi connectivity index (χ4v) is 2.08. The Balaban J connectivity index is 2.13. The molecule has 3 heterocycles. The standard InChI is InChI=1S/C14H11F3N6O/c1-7-2-3-10(19-4-7)23-6-8(11(22-23)14(15,16)17)9-5-20-13(21-9)12(18)24/h2-6H,1H3,(H2,18,24)(H,20,21). The van der Waals surface area contributed by atoms with Crippen LogP contribution in [0.25, 0.3) is 17.1 Å². The minimum atomic E-state index is -4.69. The number of hydrogen-bond acceptors (Lipinski definition) is 4. The number of primary amides is 1. The van der Waals surface area contributed by atoms with Gasteiger partial charge >= 0.3 is 6.18 Å². The first-order valence-corrected chi connectivity index (χ1v) is 6.71. The molecule has 3 rings (SSSR count). The number of halogens is 3. The maximum Gasteiger partial charge on any atom is 0.435 e. The third-order valence-electron chi connectivity index (χ3n) is 3.21. The smallest absolute Gasteiger partial charge is 0.363 e. The van der Waals surface area contributed by atoms with E-state index in [1.165, 1.54) is 12.4 Å². The summed E-state index contributed by atoms with van der Waals surface area (Å²) < 4.78 is 40.8. The molecule has 0 unspecified atom stereocenters. The van der Waals surface area contributed by atoms with Crippen molar-refractivity contribution >= 4 is 5.91 Å². The number of aromatic nitrogens is 5. The van der Waals surface area contributed by atoms with Crippen LogP contribution in [0, 0.1) is 6.92 Å². The van der Waals surface area contributed by atoms with Gasteiger partial charge in [0, 0.05) is 12.4 Å². The molecule has 3 N–H and O–H groups in total. The van der Waals surface area contributed by atoms with E-state index in [2.05, 4.69) is 20.1 Å². The predicted octanol–water partition coefficient (Wildman–Crippen LogP) is 2.08. The molecule has 3 aromatic rings. The number of nitrogens with one attached hydrogen (secondary N) is 1. The Morgan fingerprint density at radius 1 is 1.25 bits per heavy atom. The Labute approximate surface area is 133 Å². The molecule has 24 heavy (non-hydrogen) atoms. The SMILES string of the molecule is Cc1ccc(-n2cc(-c3cnc(C(N)=O)[nH]3)c(C(F)(F)F)n2)nc1. The van der Waals surface area contributed by atoms with Gasteiger partial charge < -0.3 is 10.7 Å². The Kier molecular flexibility index (Phi) is 3.59. The topological polar surface area (TPSA) is 102 Å². The lowest BCUT2D eigenvalue weighted by Crippen LogP contribution is -2.12. The highest BCUT2D eigenvalue weighted by Crippen LogP contribution is 2.35. The van der Waals surface area contributed by atoms with Gasteiger partial charge in [0.25, 0.3) is 5.91 Å². The number of H-pyrrole nitrogens is 1. The van der Waals surface area contributed by atoms with Crippen LogP contribution in [0.3, 0.4) is 0 Å². The summed E-state index contributed by atoms with van der Waals surface area (Å²) in [7, 11) is 0. The van der Waals surface area contributed by atoms with Gasteiger partial charge in [-0.25, -0.2) is 14.6 Å². The van der Waals surface area contributed by atoms with Gasteiger partial charge in [-0.1, -0.05) is 6.07 Å². The molecule has 0 bridgehead atoms. The molecule has 0 spiro atoms. The van der Waals surface area contributed by atoms with Crippen molar-refractivity contribution in [3.8, 4) is 17.1 Å². The van der Waals surface area contributed by atoms with Gasteiger partial charge in [-0.3, -0.25) is 4.79 Å². The second kappa shape index (κ2) is 5.48. The Bertz CT molecular complexity index is 894. The highest BCUT2D eigenvalue weighted by molar-refractivity contribution is 5.89. The third kappa shape index (κ3) is 2.85. The fraction of sp³-hybridized carbons (Fsp3) is 0.143. The Hall–Kier alpha value is -3.17. The van der Waals surface area contributed by atoms with E-state index in [0.717, 1.165) is 16.4 Å². The first-order chi connectivity index (χ1) is 11.3. The number of pyridine rings is 1. The number of imidazole rings is 1. The molecular weight excluding hydrogens is 325 g/mol. The number of hydrogen-bond donors (Lipinski definition) is 2. The number of nitrogens with zero attached hydrogens (tertiary/aromatic N) is 4. The average Bonchev–Trinajstić information content (AvgIpc) is 3.14. The monoisotopic (exact) mass is 336 g/mol. The number of aryl methyl sites for hydroxylation is 1. The zero-order valence-electron chi connectivity index (χ0n) is 12.3. The van der Waals surface area contributed by atoms with Crippen LogP contribution in [-0.2, 0) is 6.18 Å². The van der Waals surface area contributed by atoms with Gasteiger partial charge in [-0.05, 0) is 18.6 Å². The Morgan fingerprint density at radius 2 is 2.00 bits per heavy atom. The van der Waals surface area contributed by atoms with E-state index in [1.807, 2.05) is 6.92 Å². The number of carbonyl (C=O) groups is 1. The van der Waals surface area contributed by atoms with Crippen LogP contribution in [0.4, 0.5) is 13.2 Å². The first-order valence-electron chi connectivity index (χ1n) is 6.71. The number of aromatic amines is 1. The van der Waals surface area contributed by atoms with Crippen LogP contribution in [0.15, 0.2) is 30.7 Å². The summed E-state index contributed by atoms with van der Waals surface area (Å²) in [6.45, 7) is 1.81. The maximum absolute atomic E-state index is 13.3. The third-order valence-corrected chi connectivity index (χ3v) is 3.21. The summed E-state index contributed by atoms with van der Waals surface area (Å²) >= 11 is 0.